The first-order valence-electron chi connectivity index (χ1n) is 15.3. The van der Waals surface area contributed by atoms with E-state index in [0.29, 0.717) is 30.9 Å². The molecule has 9 heteroatoms. The molecule has 0 aliphatic rings. The first-order chi connectivity index (χ1) is 20.9. The summed E-state index contributed by atoms with van der Waals surface area (Å²) in [5, 5.41) is 11.7. The van der Waals surface area contributed by atoms with Crippen LogP contribution in [0.2, 0.25) is 0 Å². The number of aromatic nitrogens is 5. The van der Waals surface area contributed by atoms with Crippen molar-refractivity contribution in [3.63, 3.8) is 0 Å². The SMILES string of the molecule is C=C(C)CC(CCC)(CCCc1ncc(-c2cnn(-c3ccccc3)c2)cn[nH]cc1C(=O)CCN)OCCOC.CC. The van der Waals surface area contributed by atoms with Gasteiger partial charge in [0.25, 0.3) is 0 Å². The molecule has 1 unspecified atom stereocenters. The molecule has 0 bridgehead atoms. The summed E-state index contributed by atoms with van der Waals surface area (Å²) in [6.45, 7) is 13.7. The van der Waals surface area contributed by atoms with Crippen LogP contribution >= 0.6 is 0 Å². The zero-order valence-electron chi connectivity index (χ0n) is 26.6. The van der Waals surface area contributed by atoms with Gasteiger partial charge in [0.2, 0.25) is 0 Å². The molecule has 0 saturated carbocycles. The highest BCUT2D eigenvalue weighted by atomic mass is 16.5. The molecule has 43 heavy (non-hydrogen) atoms. The molecule has 1 atom stereocenters. The summed E-state index contributed by atoms with van der Waals surface area (Å²) in [5.41, 5.74) is 10.2. The lowest BCUT2D eigenvalue weighted by Crippen LogP contribution is -2.34. The number of nitrogens with two attached hydrogens (primary N) is 1. The summed E-state index contributed by atoms with van der Waals surface area (Å²) in [6.07, 6.45) is 13.9. The topological polar surface area (TPSA) is 121 Å². The monoisotopic (exact) mass is 590 g/mol. The zero-order chi connectivity index (χ0) is 31.5. The van der Waals surface area contributed by atoms with E-state index in [2.05, 4.69) is 28.8 Å². The Labute approximate surface area is 257 Å². The Bertz CT molecular complexity index is 1300. The van der Waals surface area contributed by atoms with Gasteiger partial charge in [-0.3, -0.25) is 14.9 Å². The average Bonchev–Trinajstić information content (AvgIpc) is 3.52. The fourth-order valence-corrected chi connectivity index (χ4v) is 5.01. The highest BCUT2D eigenvalue weighted by molar-refractivity contribution is 5.96. The molecule has 0 spiro atoms. The van der Waals surface area contributed by atoms with E-state index in [-0.39, 0.29) is 24.3 Å². The summed E-state index contributed by atoms with van der Waals surface area (Å²) >= 11 is 0. The summed E-state index contributed by atoms with van der Waals surface area (Å²) in [7, 11) is 1.68. The number of rotatable bonds is 17. The quantitative estimate of drug-likeness (QED) is 0.100. The molecule has 2 aromatic heterocycles. The number of aromatic amines is 1. The van der Waals surface area contributed by atoms with Gasteiger partial charge in [-0.05, 0) is 57.7 Å². The van der Waals surface area contributed by atoms with E-state index >= 15 is 0 Å². The van der Waals surface area contributed by atoms with Gasteiger partial charge in [-0.1, -0.05) is 51.0 Å². The Balaban J connectivity index is 0.00000316. The average molecular weight is 591 g/mol. The molecule has 2 heterocycles. The second kappa shape index (κ2) is 19.5. The van der Waals surface area contributed by atoms with Gasteiger partial charge >= 0.3 is 0 Å². The van der Waals surface area contributed by atoms with Crippen molar-refractivity contribution >= 4 is 5.78 Å². The lowest BCUT2D eigenvalue weighted by molar-refractivity contribution is -0.0743. The van der Waals surface area contributed by atoms with Crippen LogP contribution in [0.25, 0.3) is 16.8 Å². The summed E-state index contributed by atoms with van der Waals surface area (Å²) in [6, 6.07) is 9.89. The van der Waals surface area contributed by atoms with Crippen LogP contribution in [0.4, 0.5) is 0 Å². The molecule has 0 aliphatic carbocycles. The Hall–Kier alpha value is -3.66. The standard InChI is InChI=1S/C32H44N6O3.C2H6/c1-5-14-32(19-25(2)3,41-18-17-40-4)15-9-12-30-29(31(39)13-16-33)23-36-35-21-26(20-34-30)27-22-37-38(24-27)28-10-7-6-8-11-28;1-2/h6-8,10-11,20-24,36H,2,5,9,12-19,33H2,1,3-4H3;1-2H3. The molecule has 3 aromatic rings. The first kappa shape index (κ1) is 35.5. The van der Waals surface area contributed by atoms with Crippen molar-refractivity contribution in [3.8, 4) is 16.8 Å². The number of benzene rings is 1. The van der Waals surface area contributed by atoms with Crippen LogP contribution in [-0.4, -0.2) is 63.2 Å². The van der Waals surface area contributed by atoms with E-state index in [9.17, 15) is 4.79 Å². The number of hydrogen-bond acceptors (Lipinski definition) is 7. The lowest BCUT2D eigenvalue weighted by Gasteiger charge is -2.34. The number of hydrogen-bond donors (Lipinski definition) is 2. The number of Topliss-reactive ketones (excluding diaryl/α,β-unsaturated/α-hetero) is 1. The second-order valence-corrected chi connectivity index (χ2v) is 10.3. The molecule has 0 aliphatic heterocycles. The van der Waals surface area contributed by atoms with Crippen LogP contribution in [0.15, 0.2) is 73.5 Å². The predicted octanol–water partition coefficient (Wildman–Crippen LogP) is 6.83. The molecule has 3 rings (SSSR count). The third-order valence-corrected chi connectivity index (χ3v) is 6.84. The number of para-hydroxylation sites is 1. The van der Waals surface area contributed by atoms with Crippen LogP contribution in [-0.2, 0) is 15.9 Å². The normalized spacial score (nSPS) is 12.0. The zero-order valence-corrected chi connectivity index (χ0v) is 26.6. The first-order valence-corrected chi connectivity index (χ1v) is 15.3. The van der Waals surface area contributed by atoms with E-state index in [1.165, 1.54) is 0 Å². The highest BCUT2D eigenvalue weighted by Crippen LogP contribution is 2.32. The fraction of sp³-hybridized carbons (Fsp3) is 0.471. The van der Waals surface area contributed by atoms with E-state index < -0.39 is 0 Å². The minimum atomic E-state index is -0.336. The molecule has 0 saturated heterocycles. The van der Waals surface area contributed by atoms with Gasteiger partial charge in [-0.15, -0.1) is 6.58 Å². The lowest BCUT2D eigenvalue weighted by atomic mass is 9.85. The summed E-state index contributed by atoms with van der Waals surface area (Å²) in [4.78, 5) is 17.9. The van der Waals surface area contributed by atoms with E-state index in [1.807, 2.05) is 62.0 Å². The predicted molar refractivity (Wildman–Crippen MR) is 174 cm³/mol. The van der Waals surface area contributed by atoms with Crippen molar-refractivity contribution in [1.82, 2.24) is 25.0 Å². The third kappa shape index (κ3) is 11.5. The van der Waals surface area contributed by atoms with Crippen LogP contribution in [0, 0.1) is 0 Å². The highest BCUT2D eigenvalue weighted by Gasteiger charge is 2.30. The number of carbonyl (C=O) groups excluding carboxylic acids is 1. The van der Waals surface area contributed by atoms with Gasteiger partial charge in [-0.25, -0.2) is 4.68 Å². The number of carbonyl (C=O) groups is 1. The van der Waals surface area contributed by atoms with Crippen LogP contribution in [0.5, 0.6) is 0 Å². The van der Waals surface area contributed by atoms with Crippen LogP contribution in [0.3, 0.4) is 0 Å². The fourth-order valence-electron chi connectivity index (χ4n) is 5.01. The van der Waals surface area contributed by atoms with Crippen molar-refractivity contribution in [2.75, 3.05) is 26.9 Å². The largest absolute Gasteiger partial charge is 0.382 e. The minimum Gasteiger partial charge on any atom is -0.382 e. The number of ketones is 1. The maximum atomic E-state index is 13.1. The summed E-state index contributed by atoms with van der Waals surface area (Å²) in [5.74, 6) is -0.0687. The maximum absolute atomic E-state index is 13.1. The molecule has 0 amide bonds. The van der Waals surface area contributed by atoms with Gasteiger partial charge < -0.3 is 15.2 Å². The molecule has 1 aromatic carbocycles. The van der Waals surface area contributed by atoms with Gasteiger partial charge in [0.05, 0.1) is 48.2 Å². The Morgan fingerprint density at radius 3 is 2.53 bits per heavy atom. The third-order valence-electron chi connectivity index (χ3n) is 6.84. The van der Waals surface area contributed by atoms with Gasteiger partial charge in [0.1, 0.15) is 0 Å². The number of nitrogens with zero attached hydrogens (tertiary/aromatic N) is 4. The van der Waals surface area contributed by atoms with Gasteiger partial charge in [0.15, 0.2) is 5.78 Å². The van der Waals surface area contributed by atoms with Crippen molar-refractivity contribution in [1.29, 1.82) is 0 Å². The Morgan fingerprint density at radius 2 is 1.86 bits per heavy atom. The molecular weight excluding hydrogens is 540 g/mol. The molecule has 0 radical (unpaired) electrons. The Kier molecular flexibility index (Phi) is 16.1. The van der Waals surface area contributed by atoms with Crippen molar-refractivity contribution in [3.05, 3.63) is 84.7 Å². The van der Waals surface area contributed by atoms with Crippen LogP contribution in [0.1, 0.15) is 82.3 Å². The second-order valence-electron chi connectivity index (χ2n) is 10.3. The number of H-pyrrole nitrogens is 1. The van der Waals surface area contributed by atoms with E-state index in [4.69, 9.17) is 20.2 Å². The van der Waals surface area contributed by atoms with Crippen molar-refractivity contribution < 1.29 is 14.3 Å². The summed E-state index contributed by atoms with van der Waals surface area (Å²) < 4.78 is 13.5. The molecule has 234 valence electrons. The van der Waals surface area contributed by atoms with Crippen molar-refractivity contribution in [2.45, 2.75) is 78.2 Å². The van der Waals surface area contributed by atoms with E-state index in [1.54, 1.807) is 31.9 Å². The van der Waals surface area contributed by atoms with Crippen LogP contribution < -0.4 is 5.73 Å². The van der Waals surface area contributed by atoms with Gasteiger partial charge in [-0.2, -0.15) is 10.2 Å². The maximum Gasteiger partial charge on any atom is 0.167 e. The molecule has 9 nitrogen and oxygen atoms in total. The number of aryl methyl sites for hydroxylation is 1. The minimum absolute atomic E-state index is 0.0687. The number of methoxy groups -OCH3 is 1. The number of ether oxygens (including phenoxy) is 2. The van der Waals surface area contributed by atoms with E-state index in [0.717, 1.165) is 54.5 Å². The molecule has 0 fully saturated rings. The van der Waals surface area contributed by atoms with Gasteiger partial charge in [0, 0.05) is 43.2 Å². The number of nitrogens with one attached hydrogen (secondary N) is 1. The molecular formula is C34H50N6O3. The smallest absolute Gasteiger partial charge is 0.167 e. The van der Waals surface area contributed by atoms with Crippen molar-refractivity contribution in [2.24, 2.45) is 5.73 Å². The Morgan fingerprint density at radius 1 is 1.09 bits per heavy atom. The molecule has 3 N–H and O–H groups in total.